The number of hydrogen-bond donors (Lipinski definition) is 1. The van der Waals surface area contributed by atoms with Gasteiger partial charge in [-0.15, -0.1) is 0 Å². The van der Waals surface area contributed by atoms with E-state index in [0.717, 1.165) is 51.0 Å². The van der Waals surface area contributed by atoms with Crippen molar-refractivity contribution in [2.45, 2.75) is 19.9 Å². The van der Waals surface area contributed by atoms with Gasteiger partial charge in [-0.2, -0.15) is 5.10 Å². The summed E-state index contributed by atoms with van der Waals surface area (Å²) in [4.78, 5) is 29.5. The van der Waals surface area contributed by atoms with Crippen molar-refractivity contribution < 1.29 is 9.72 Å². The van der Waals surface area contributed by atoms with Crippen LogP contribution in [0.1, 0.15) is 30.2 Å². The predicted octanol–water partition coefficient (Wildman–Crippen LogP) is 6.06. The maximum Gasteiger partial charge on any atom is 0.269 e. The fraction of sp³-hybridized carbons (Fsp3) is 0.115. The Morgan fingerprint density at radius 2 is 1.71 bits per heavy atom. The monoisotopic (exact) mass is 451 g/mol. The molecule has 168 valence electrons. The standard InChI is InChI=1S/C26H21N5O3/c1-16(2)30-14-23(25(29-30)19-7-9-20(10-8-19)31(33)34)21-11-12-27-26-22(21)13-24(28-26)18-5-3-17(15-32)4-6-18/h3-16H,1-2H3,(H,27,28). The molecular formula is C26H21N5O3. The first-order chi connectivity index (χ1) is 16.4. The van der Waals surface area contributed by atoms with Crippen LogP contribution in [0.25, 0.3) is 44.7 Å². The Morgan fingerprint density at radius 1 is 1.00 bits per heavy atom. The van der Waals surface area contributed by atoms with E-state index < -0.39 is 4.92 Å². The molecule has 0 saturated carbocycles. The third-order valence-corrected chi connectivity index (χ3v) is 5.79. The van der Waals surface area contributed by atoms with Crippen molar-refractivity contribution in [1.82, 2.24) is 19.7 Å². The smallest absolute Gasteiger partial charge is 0.269 e. The highest BCUT2D eigenvalue weighted by atomic mass is 16.6. The van der Waals surface area contributed by atoms with Crippen LogP contribution in [0, 0.1) is 10.1 Å². The molecule has 2 aromatic carbocycles. The number of H-pyrrole nitrogens is 1. The molecule has 34 heavy (non-hydrogen) atoms. The summed E-state index contributed by atoms with van der Waals surface area (Å²) < 4.78 is 1.89. The summed E-state index contributed by atoms with van der Waals surface area (Å²) >= 11 is 0. The van der Waals surface area contributed by atoms with Crippen LogP contribution in [0.15, 0.2) is 73.1 Å². The number of aromatic amines is 1. The van der Waals surface area contributed by atoms with Gasteiger partial charge in [0.25, 0.3) is 5.69 Å². The number of rotatable bonds is 6. The number of benzene rings is 2. The number of carbonyl (C=O) groups is 1. The van der Waals surface area contributed by atoms with Gasteiger partial charge in [0.1, 0.15) is 17.6 Å². The summed E-state index contributed by atoms with van der Waals surface area (Å²) in [6, 6.07) is 17.9. The van der Waals surface area contributed by atoms with Crippen molar-refractivity contribution in [2.75, 3.05) is 0 Å². The Labute approximate surface area is 195 Å². The lowest BCUT2D eigenvalue weighted by molar-refractivity contribution is -0.384. The lowest BCUT2D eigenvalue weighted by Gasteiger charge is -2.04. The quantitative estimate of drug-likeness (QED) is 0.192. The zero-order valence-electron chi connectivity index (χ0n) is 18.6. The number of non-ortho nitro benzene ring substituents is 1. The van der Waals surface area contributed by atoms with Gasteiger partial charge < -0.3 is 4.98 Å². The van der Waals surface area contributed by atoms with Crippen LogP contribution in [0.4, 0.5) is 5.69 Å². The van der Waals surface area contributed by atoms with Crippen LogP contribution in [-0.4, -0.2) is 31.0 Å². The topological polar surface area (TPSA) is 107 Å². The molecule has 0 spiro atoms. The van der Waals surface area contributed by atoms with Crippen molar-refractivity contribution in [3.63, 3.8) is 0 Å². The van der Waals surface area contributed by atoms with Gasteiger partial charge in [-0.1, -0.05) is 24.3 Å². The lowest BCUT2D eigenvalue weighted by Crippen LogP contribution is -2.00. The van der Waals surface area contributed by atoms with Crippen molar-refractivity contribution in [3.05, 3.63) is 88.7 Å². The molecule has 0 radical (unpaired) electrons. The average molecular weight is 451 g/mol. The van der Waals surface area contributed by atoms with Crippen molar-refractivity contribution in [3.8, 4) is 33.6 Å². The Bertz CT molecular complexity index is 1510. The van der Waals surface area contributed by atoms with Gasteiger partial charge in [0, 0.05) is 58.3 Å². The molecule has 8 nitrogen and oxygen atoms in total. The molecule has 8 heteroatoms. The fourth-order valence-corrected chi connectivity index (χ4v) is 3.97. The minimum Gasteiger partial charge on any atom is -0.339 e. The Hall–Kier alpha value is -4.59. The molecule has 0 amide bonds. The minimum atomic E-state index is -0.410. The summed E-state index contributed by atoms with van der Waals surface area (Å²) in [6.45, 7) is 4.10. The van der Waals surface area contributed by atoms with Crippen LogP contribution in [0.3, 0.4) is 0 Å². The summed E-state index contributed by atoms with van der Waals surface area (Å²) in [5, 5.41) is 16.8. The van der Waals surface area contributed by atoms with Crippen molar-refractivity contribution in [2.24, 2.45) is 0 Å². The van der Waals surface area contributed by atoms with E-state index in [1.54, 1.807) is 30.5 Å². The summed E-state index contributed by atoms with van der Waals surface area (Å²) in [6.07, 6.45) is 4.57. The zero-order valence-corrected chi connectivity index (χ0v) is 18.6. The number of aldehydes is 1. The number of nitrogens with zero attached hydrogens (tertiary/aromatic N) is 4. The number of nitro benzene ring substituents is 1. The van der Waals surface area contributed by atoms with Crippen LogP contribution in [0.5, 0.6) is 0 Å². The molecule has 0 aliphatic heterocycles. The van der Waals surface area contributed by atoms with Crippen LogP contribution in [0.2, 0.25) is 0 Å². The molecule has 3 aromatic heterocycles. The minimum absolute atomic E-state index is 0.0377. The number of nitrogens with one attached hydrogen (secondary N) is 1. The molecule has 0 saturated heterocycles. The van der Waals surface area contributed by atoms with E-state index in [4.69, 9.17) is 5.10 Å². The number of nitro groups is 1. The molecule has 0 aliphatic rings. The van der Waals surface area contributed by atoms with E-state index in [-0.39, 0.29) is 11.7 Å². The van der Waals surface area contributed by atoms with Gasteiger partial charge in [-0.3, -0.25) is 19.6 Å². The molecule has 1 N–H and O–H groups in total. The van der Waals surface area contributed by atoms with Crippen LogP contribution < -0.4 is 0 Å². The molecule has 0 aliphatic carbocycles. The van der Waals surface area contributed by atoms with Crippen molar-refractivity contribution in [1.29, 1.82) is 0 Å². The Kier molecular flexibility index (Phi) is 5.25. The average Bonchev–Trinajstić information content (AvgIpc) is 3.49. The molecule has 0 fully saturated rings. The molecule has 0 bridgehead atoms. The first-order valence-electron chi connectivity index (χ1n) is 10.8. The zero-order chi connectivity index (χ0) is 23.8. The Balaban J connectivity index is 1.66. The summed E-state index contributed by atoms with van der Waals surface area (Å²) in [5.41, 5.74) is 6.64. The van der Waals surface area contributed by atoms with E-state index in [0.29, 0.717) is 5.56 Å². The number of aromatic nitrogens is 4. The highest BCUT2D eigenvalue weighted by Gasteiger charge is 2.19. The third kappa shape index (κ3) is 3.75. The summed E-state index contributed by atoms with van der Waals surface area (Å²) in [7, 11) is 0. The molecule has 0 atom stereocenters. The van der Waals surface area contributed by atoms with Gasteiger partial charge in [-0.25, -0.2) is 4.98 Å². The van der Waals surface area contributed by atoms with E-state index in [1.807, 2.05) is 35.1 Å². The van der Waals surface area contributed by atoms with Gasteiger partial charge in [0.05, 0.1) is 4.92 Å². The first kappa shape index (κ1) is 21.3. The number of carbonyl (C=O) groups excluding carboxylic acids is 1. The molecule has 0 unspecified atom stereocenters. The molecule has 5 rings (SSSR count). The van der Waals surface area contributed by atoms with Gasteiger partial charge in [-0.05, 0) is 49.2 Å². The second-order valence-corrected chi connectivity index (χ2v) is 8.31. The maximum absolute atomic E-state index is 11.1. The fourth-order valence-electron chi connectivity index (χ4n) is 3.97. The molecule has 5 aromatic rings. The van der Waals surface area contributed by atoms with Gasteiger partial charge >= 0.3 is 0 Å². The SMILES string of the molecule is CC(C)n1cc(-c2ccnc3[nH]c(-c4ccc(C=O)cc4)cc23)c(-c2ccc([N+](=O)[O-])cc2)n1. The van der Waals surface area contributed by atoms with E-state index >= 15 is 0 Å². The van der Waals surface area contributed by atoms with E-state index in [9.17, 15) is 14.9 Å². The molecule has 3 heterocycles. The second kappa shape index (κ2) is 8.40. The van der Waals surface area contributed by atoms with Crippen LogP contribution in [-0.2, 0) is 0 Å². The van der Waals surface area contributed by atoms with Crippen molar-refractivity contribution >= 4 is 23.0 Å². The highest BCUT2D eigenvalue weighted by molar-refractivity contribution is 5.99. The predicted molar refractivity (Wildman–Crippen MR) is 131 cm³/mol. The molecular weight excluding hydrogens is 430 g/mol. The highest BCUT2D eigenvalue weighted by Crippen LogP contribution is 2.37. The van der Waals surface area contributed by atoms with E-state index in [1.165, 1.54) is 12.1 Å². The summed E-state index contributed by atoms with van der Waals surface area (Å²) in [5.74, 6) is 0. The maximum atomic E-state index is 11.1. The number of hydrogen-bond acceptors (Lipinski definition) is 5. The largest absolute Gasteiger partial charge is 0.339 e. The normalized spacial score (nSPS) is 11.3. The van der Waals surface area contributed by atoms with E-state index in [2.05, 4.69) is 23.8 Å². The first-order valence-corrected chi connectivity index (χ1v) is 10.8. The lowest BCUT2D eigenvalue weighted by atomic mass is 10.00. The number of pyridine rings is 1. The van der Waals surface area contributed by atoms with Gasteiger partial charge in [0.15, 0.2) is 0 Å². The second-order valence-electron chi connectivity index (χ2n) is 8.31. The third-order valence-electron chi connectivity index (χ3n) is 5.79. The Morgan fingerprint density at radius 3 is 2.35 bits per heavy atom. The van der Waals surface area contributed by atoms with Crippen LogP contribution >= 0.6 is 0 Å². The van der Waals surface area contributed by atoms with Gasteiger partial charge in [0.2, 0.25) is 0 Å². The number of fused-ring (bicyclic) bond motifs is 1.